The molecular weight excluding hydrogens is 256 g/mol. The van der Waals surface area contributed by atoms with E-state index >= 15 is 0 Å². The van der Waals surface area contributed by atoms with Gasteiger partial charge in [0.1, 0.15) is 5.69 Å². The number of amides is 1. The lowest BCUT2D eigenvalue weighted by Crippen LogP contribution is -2.34. The van der Waals surface area contributed by atoms with E-state index < -0.39 is 5.97 Å². The zero-order valence-electron chi connectivity index (χ0n) is 11.6. The van der Waals surface area contributed by atoms with E-state index in [1.165, 1.54) is 12.3 Å². The van der Waals surface area contributed by atoms with Crippen LogP contribution in [0.4, 0.5) is 0 Å². The molecule has 1 N–H and O–H groups in total. The maximum Gasteiger partial charge on any atom is 0.328 e. The Kier molecular flexibility index (Phi) is 4.17. The fourth-order valence-corrected chi connectivity index (χ4v) is 2.53. The molecule has 5 nitrogen and oxygen atoms in total. The first-order valence-electron chi connectivity index (χ1n) is 6.65. The number of likely N-dealkylation sites (tertiary alicyclic amines) is 1. The minimum Gasteiger partial charge on any atom is -0.478 e. The summed E-state index contributed by atoms with van der Waals surface area (Å²) in [6.07, 6.45) is 5.02. The van der Waals surface area contributed by atoms with Gasteiger partial charge in [0, 0.05) is 24.9 Å². The lowest BCUT2D eigenvalue weighted by molar-refractivity contribution is -0.131. The second kappa shape index (κ2) is 5.86. The van der Waals surface area contributed by atoms with Crippen molar-refractivity contribution in [1.82, 2.24) is 9.88 Å². The number of hydrogen-bond acceptors (Lipinski definition) is 3. The zero-order chi connectivity index (χ0) is 14.7. The Hall–Kier alpha value is -2.17. The summed E-state index contributed by atoms with van der Waals surface area (Å²) in [5.74, 6) is -0.549. The van der Waals surface area contributed by atoms with Crippen LogP contribution in [0, 0.1) is 5.92 Å². The van der Waals surface area contributed by atoms with Gasteiger partial charge < -0.3 is 10.0 Å². The normalized spacial score (nSPS) is 22.4. The van der Waals surface area contributed by atoms with E-state index in [0.717, 1.165) is 19.0 Å². The molecule has 106 valence electrons. The minimum atomic E-state index is -1.01. The summed E-state index contributed by atoms with van der Waals surface area (Å²) < 4.78 is 0. The average molecular weight is 274 g/mol. The van der Waals surface area contributed by atoms with Gasteiger partial charge in [0.05, 0.1) is 0 Å². The molecular formula is C15H18N2O3. The number of carboxylic acid groups (broad SMARTS) is 1. The third kappa shape index (κ3) is 3.23. The smallest absolute Gasteiger partial charge is 0.328 e. The number of aromatic nitrogens is 1. The predicted octanol–water partition coefficient (Wildman–Crippen LogP) is 2.05. The fourth-order valence-electron chi connectivity index (χ4n) is 2.53. The molecule has 0 bridgehead atoms. The van der Waals surface area contributed by atoms with Crippen LogP contribution in [0.1, 0.15) is 36.3 Å². The summed E-state index contributed by atoms with van der Waals surface area (Å²) >= 11 is 0. The van der Waals surface area contributed by atoms with E-state index in [1.54, 1.807) is 12.1 Å². The third-order valence-corrected chi connectivity index (χ3v) is 3.47. The highest BCUT2D eigenvalue weighted by Crippen LogP contribution is 2.23. The fraction of sp³-hybridized carbons (Fsp3) is 0.400. The topological polar surface area (TPSA) is 70.5 Å². The van der Waals surface area contributed by atoms with E-state index in [4.69, 9.17) is 5.11 Å². The van der Waals surface area contributed by atoms with Crippen LogP contribution in [0.15, 0.2) is 24.4 Å². The Balaban J connectivity index is 2.10. The first-order chi connectivity index (χ1) is 9.47. The molecule has 1 aliphatic heterocycles. The lowest BCUT2D eigenvalue weighted by Gasteiger charge is -2.20. The Morgan fingerprint density at radius 1 is 1.40 bits per heavy atom. The average Bonchev–Trinajstić information content (AvgIpc) is 2.75. The van der Waals surface area contributed by atoms with Crippen LogP contribution in [0.25, 0.3) is 6.08 Å². The Morgan fingerprint density at radius 2 is 2.15 bits per heavy atom. The molecule has 1 aromatic heterocycles. The van der Waals surface area contributed by atoms with Gasteiger partial charge in [-0.1, -0.05) is 13.0 Å². The lowest BCUT2D eigenvalue weighted by atomic mass is 10.1. The van der Waals surface area contributed by atoms with Crippen molar-refractivity contribution in [3.05, 3.63) is 35.7 Å². The van der Waals surface area contributed by atoms with Gasteiger partial charge in [-0.3, -0.25) is 9.78 Å². The third-order valence-electron chi connectivity index (χ3n) is 3.47. The van der Waals surface area contributed by atoms with Crippen LogP contribution < -0.4 is 0 Å². The molecule has 2 atom stereocenters. The maximum atomic E-state index is 12.3. The van der Waals surface area contributed by atoms with E-state index in [0.29, 0.717) is 17.2 Å². The minimum absolute atomic E-state index is 0.0596. The van der Waals surface area contributed by atoms with Gasteiger partial charge >= 0.3 is 5.97 Å². The Morgan fingerprint density at radius 3 is 2.65 bits per heavy atom. The number of carbonyl (C=O) groups is 2. The zero-order valence-corrected chi connectivity index (χ0v) is 11.6. The summed E-state index contributed by atoms with van der Waals surface area (Å²) in [7, 11) is 0. The molecule has 1 fully saturated rings. The Bertz CT molecular complexity index is 537. The molecule has 0 aliphatic carbocycles. The van der Waals surface area contributed by atoms with E-state index in [9.17, 15) is 9.59 Å². The van der Waals surface area contributed by atoms with Crippen molar-refractivity contribution in [2.75, 3.05) is 6.54 Å². The molecule has 20 heavy (non-hydrogen) atoms. The highest BCUT2D eigenvalue weighted by atomic mass is 16.4. The number of carbonyl (C=O) groups excluding carboxylic acids is 1. The van der Waals surface area contributed by atoms with Crippen molar-refractivity contribution in [3.8, 4) is 0 Å². The van der Waals surface area contributed by atoms with Crippen molar-refractivity contribution in [3.63, 3.8) is 0 Å². The molecule has 0 radical (unpaired) electrons. The number of carboxylic acids is 1. The number of nitrogens with zero attached hydrogens (tertiary/aromatic N) is 2. The van der Waals surface area contributed by atoms with Gasteiger partial charge in [0.25, 0.3) is 5.91 Å². The highest BCUT2D eigenvalue weighted by Gasteiger charge is 2.30. The molecule has 1 aromatic rings. The van der Waals surface area contributed by atoms with E-state index in [2.05, 4.69) is 11.9 Å². The summed E-state index contributed by atoms with van der Waals surface area (Å²) in [4.78, 5) is 28.7. The Labute approximate surface area is 117 Å². The van der Waals surface area contributed by atoms with Crippen LogP contribution in [-0.4, -0.2) is 39.5 Å². The van der Waals surface area contributed by atoms with Crippen molar-refractivity contribution >= 4 is 18.0 Å². The summed E-state index contributed by atoms with van der Waals surface area (Å²) in [6.45, 7) is 4.95. The molecule has 2 unspecified atom stereocenters. The first kappa shape index (κ1) is 14.2. The van der Waals surface area contributed by atoms with Gasteiger partial charge in [-0.05, 0) is 37.0 Å². The SMILES string of the molecule is CC1CC(C)N(C(=O)c2ccc(/C=C/C(=O)O)cn2)C1. The van der Waals surface area contributed by atoms with Crippen molar-refractivity contribution in [2.45, 2.75) is 26.3 Å². The molecule has 2 heterocycles. The molecule has 1 aliphatic rings. The quantitative estimate of drug-likeness (QED) is 0.856. The molecule has 5 heteroatoms. The largest absolute Gasteiger partial charge is 0.478 e. The molecule has 1 saturated heterocycles. The van der Waals surface area contributed by atoms with Gasteiger partial charge in [-0.15, -0.1) is 0 Å². The van der Waals surface area contributed by atoms with E-state index in [-0.39, 0.29) is 11.9 Å². The summed E-state index contributed by atoms with van der Waals surface area (Å²) in [6, 6.07) is 3.58. The number of hydrogen-bond donors (Lipinski definition) is 1. The monoisotopic (exact) mass is 274 g/mol. The van der Waals surface area contributed by atoms with Gasteiger partial charge in [0.15, 0.2) is 0 Å². The second-order valence-corrected chi connectivity index (χ2v) is 5.30. The van der Waals surface area contributed by atoms with Crippen LogP contribution in [-0.2, 0) is 4.79 Å². The first-order valence-corrected chi connectivity index (χ1v) is 6.65. The number of pyridine rings is 1. The molecule has 0 saturated carbocycles. The highest BCUT2D eigenvalue weighted by molar-refractivity contribution is 5.93. The number of aliphatic carboxylic acids is 1. The molecule has 2 rings (SSSR count). The second-order valence-electron chi connectivity index (χ2n) is 5.30. The van der Waals surface area contributed by atoms with Gasteiger partial charge in [-0.2, -0.15) is 0 Å². The van der Waals surface area contributed by atoms with Crippen LogP contribution in [0.2, 0.25) is 0 Å². The molecule has 0 aromatic carbocycles. The predicted molar refractivity (Wildman–Crippen MR) is 75.2 cm³/mol. The van der Waals surface area contributed by atoms with Crippen LogP contribution in [0.5, 0.6) is 0 Å². The van der Waals surface area contributed by atoms with E-state index in [1.807, 2.05) is 11.8 Å². The summed E-state index contributed by atoms with van der Waals surface area (Å²) in [5, 5.41) is 8.55. The van der Waals surface area contributed by atoms with Crippen molar-refractivity contribution in [2.24, 2.45) is 5.92 Å². The molecule has 1 amide bonds. The van der Waals surface area contributed by atoms with Crippen molar-refractivity contribution in [1.29, 1.82) is 0 Å². The van der Waals surface area contributed by atoms with Crippen molar-refractivity contribution < 1.29 is 14.7 Å². The molecule has 0 spiro atoms. The van der Waals surface area contributed by atoms with Crippen LogP contribution >= 0.6 is 0 Å². The number of rotatable bonds is 3. The summed E-state index contributed by atoms with van der Waals surface area (Å²) in [5.41, 5.74) is 1.06. The van der Waals surface area contributed by atoms with Gasteiger partial charge in [-0.25, -0.2) is 4.79 Å². The standard InChI is InChI=1S/C15H18N2O3/c1-10-7-11(2)17(9-10)15(20)13-5-3-12(8-16-13)4-6-14(18)19/h3-6,8,10-11H,7,9H2,1-2H3,(H,18,19)/b6-4+. The van der Waals surface area contributed by atoms with Gasteiger partial charge in [0.2, 0.25) is 0 Å². The van der Waals surface area contributed by atoms with Crippen LogP contribution in [0.3, 0.4) is 0 Å². The maximum absolute atomic E-state index is 12.3.